The number of aliphatic carboxylic acids is 1. The highest BCUT2D eigenvalue weighted by Gasteiger charge is 2.14. The van der Waals surface area contributed by atoms with Crippen molar-refractivity contribution in [2.24, 2.45) is 0 Å². The van der Waals surface area contributed by atoms with E-state index < -0.39 is 5.97 Å². The Morgan fingerprint density at radius 2 is 1.71 bits per heavy atom. The molecule has 0 unspecified atom stereocenters. The summed E-state index contributed by atoms with van der Waals surface area (Å²) in [6.07, 6.45) is 5.34. The molecule has 1 aliphatic rings. The molecule has 0 aromatic heterocycles. The molecule has 0 aromatic carbocycles. The third-order valence-corrected chi connectivity index (χ3v) is 3.40. The smallest absolute Gasteiger partial charge is 0.304 e. The van der Waals surface area contributed by atoms with Crippen LogP contribution in [0.25, 0.3) is 0 Å². The average Bonchev–Trinajstić information content (AvgIpc) is 2.52. The highest BCUT2D eigenvalue weighted by Crippen LogP contribution is 2.06. The third-order valence-electron chi connectivity index (χ3n) is 3.40. The van der Waals surface area contributed by atoms with Gasteiger partial charge in [-0.05, 0) is 32.5 Å². The largest absolute Gasteiger partial charge is 0.481 e. The van der Waals surface area contributed by atoms with Crippen LogP contribution >= 0.6 is 0 Å². The lowest BCUT2D eigenvalue weighted by Crippen LogP contribution is -2.32. The topological polar surface area (TPSA) is 43.8 Å². The molecule has 1 N–H and O–H groups in total. The molecule has 0 atom stereocenters. The number of nitrogens with zero attached hydrogens (tertiary/aromatic N) is 2. The van der Waals surface area contributed by atoms with Crippen molar-refractivity contribution < 1.29 is 9.90 Å². The van der Waals surface area contributed by atoms with Crippen molar-refractivity contribution in [3.8, 4) is 0 Å². The summed E-state index contributed by atoms with van der Waals surface area (Å²) >= 11 is 0. The second-order valence-electron chi connectivity index (χ2n) is 4.89. The van der Waals surface area contributed by atoms with Gasteiger partial charge in [0.15, 0.2) is 0 Å². The second kappa shape index (κ2) is 8.48. The van der Waals surface area contributed by atoms with Gasteiger partial charge in [-0.15, -0.1) is 0 Å². The minimum absolute atomic E-state index is 0.274. The SMILES string of the molecule is CCCCCN1CCCN(CCC(=O)O)CC1. The Bertz CT molecular complexity index is 221. The van der Waals surface area contributed by atoms with Crippen molar-refractivity contribution in [3.05, 3.63) is 0 Å². The highest BCUT2D eigenvalue weighted by atomic mass is 16.4. The van der Waals surface area contributed by atoms with Crippen LogP contribution in [0, 0.1) is 0 Å². The van der Waals surface area contributed by atoms with E-state index >= 15 is 0 Å². The van der Waals surface area contributed by atoms with E-state index in [2.05, 4.69) is 16.7 Å². The van der Waals surface area contributed by atoms with E-state index in [-0.39, 0.29) is 6.42 Å². The minimum Gasteiger partial charge on any atom is -0.481 e. The summed E-state index contributed by atoms with van der Waals surface area (Å²) in [7, 11) is 0. The van der Waals surface area contributed by atoms with Crippen molar-refractivity contribution >= 4 is 5.97 Å². The molecule has 1 saturated heterocycles. The molecular weight excluding hydrogens is 216 g/mol. The average molecular weight is 242 g/mol. The number of carbonyl (C=O) groups is 1. The molecule has 0 amide bonds. The predicted octanol–water partition coefficient (Wildman–Crippen LogP) is 1.66. The van der Waals surface area contributed by atoms with Crippen LogP contribution in [0.3, 0.4) is 0 Å². The molecule has 0 spiro atoms. The lowest BCUT2D eigenvalue weighted by molar-refractivity contribution is -0.137. The van der Waals surface area contributed by atoms with Crippen molar-refractivity contribution in [2.75, 3.05) is 39.3 Å². The van der Waals surface area contributed by atoms with E-state index in [1.807, 2.05) is 0 Å². The van der Waals surface area contributed by atoms with Crippen LogP contribution < -0.4 is 0 Å². The van der Waals surface area contributed by atoms with Crippen LogP contribution in [-0.2, 0) is 4.79 Å². The van der Waals surface area contributed by atoms with Crippen LogP contribution in [0.4, 0.5) is 0 Å². The zero-order chi connectivity index (χ0) is 12.5. The van der Waals surface area contributed by atoms with Crippen molar-refractivity contribution in [1.82, 2.24) is 9.80 Å². The van der Waals surface area contributed by atoms with Gasteiger partial charge in [0.05, 0.1) is 6.42 Å². The second-order valence-corrected chi connectivity index (χ2v) is 4.89. The first-order valence-electron chi connectivity index (χ1n) is 6.89. The summed E-state index contributed by atoms with van der Waals surface area (Å²) in [5.74, 6) is -0.686. The Kier molecular flexibility index (Phi) is 7.21. The zero-order valence-electron chi connectivity index (χ0n) is 11.0. The summed E-state index contributed by atoms with van der Waals surface area (Å²) in [4.78, 5) is 15.3. The number of hydrogen-bond acceptors (Lipinski definition) is 3. The van der Waals surface area contributed by atoms with E-state index in [1.54, 1.807) is 0 Å². The molecule has 1 heterocycles. The number of carboxylic acid groups (broad SMARTS) is 1. The lowest BCUT2D eigenvalue weighted by Gasteiger charge is -2.21. The van der Waals surface area contributed by atoms with Crippen molar-refractivity contribution in [1.29, 1.82) is 0 Å². The first kappa shape index (κ1) is 14.5. The van der Waals surface area contributed by atoms with Gasteiger partial charge < -0.3 is 14.9 Å². The molecule has 0 aliphatic carbocycles. The predicted molar refractivity (Wildman–Crippen MR) is 69.3 cm³/mol. The number of unbranched alkanes of at least 4 members (excludes halogenated alkanes) is 2. The fraction of sp³-hybridized carbons (Fsp3) is 0.923. The van der Waals surface area contributed by atoms with Gasteiger partial charge in [-0.2, -0.15) is 0 Å². The number of rotatable bonds is 7. The van der Waals surface area contributed by atoms with Crippen molar-refractivity contribution in [3.63, 3.8) is 0 Å². The van der Waals surface area contributed by atoms with Gasteiger partial charge in [-0.1, -0.05) is 19.8 Å². The normalized spacial score (nSPS) is 19.1. The standard InChI is InChI=1S/C13H26N2O2/c1-2-3-4-7-14-8-5-9-15(12-11-14)10-6-13(16)17/h2-12H2,1H3,(H,16,17). The van der Waals surface area contributed by atoms with E-state index in [0.29, 0.717) is 6.54 Å². The summed E-state index contributed by atoms with van der Waals surface area (Å²) in [5.41, 5.74) is 0. The maximum atomic E-state index is 10.5. The molecule has 100 valence electrons. The van der Waals surface area contributed by atoms with E-state index in [4.69, 9.17) is 5.11 Å². The van der Waals surface area contributed by atoms with Crippen LogP contribution in [0.1, 0.15) is 39.0 Å². The van der Waals surface area contributed by atoms with E-state index in [1.165, 1.54) is 38.8 Å². The zero-order valence-corrected chi connectivity index (χ0v) is 11.0. The molecule has 1 rings (SSSR count). The molecule has 17 heavy (non-hydrogen) atoms. The van der Waals surface area contributed by atoms with Gasteiger partial charge in [0.1, 0.15) is 0 Å². The summed E-state index contributed by atoms with van der Waals surface area (Å²) < 4.78 is 0. The summed E-state index contributed by atoms with van der Waals surface area (Å²) in [6.45, 7) is 8.50. The minimum atomic E-state index is -0.686. The van der Waals surface area contributed by atoms with Crippen molar-refractivity contribution in [2.45, 2.75) is 39.0 Å². The Morgan fingerprint density at radius 1 is 1.06 bits per heavy atom. The van der Waals surface area contributed by atoms with Gasteiger partial charge in [0, 0.05) is 19.6 Å². The molecule has 1 aliphatic heterocycles. The maximum Gasteiger partial charge on any atom is 0.304 e. The van der Waals surface area contributed by atoms with Crippen LogP contribution in [-0.4, -0.2) is 60.1 Å². The molecule has 0 bridgehead atoms. The molecule has 4 nitrogen and oxygen atoms in total. The number of hydrogen-bond donors (Lipinski definition) is 1. The molecular formula is C13H26N2O2. The summed E-state index contributed by atoms with van der Waals surface area (Å²) in [6, 6.07) is 0. The molecule has 0 saturated carbocycles. The molecule has 4 heteroatoms. The first-order valence-corrected chi connectivity index (χ1v) is 6.89. The summed E-state index contributed by atoms with van der Waals surface area (Å²) in [5, 5.41) is 8.67. The fourth-order valence-corrected chi connectivity index (χ4v) is 2.31. The highest BCUT2D eigenvalue weighted by molar-refractivity contribution is 5.66. The van der Waals surface area contributed by atoms with Gasteiger partial charge in [-0.25, -0.2) is 0 Å². The van der Waals surface area contributed by atoms with Gasteiger partial charge >= 0.3 is 5.97 Å². The van der Waals surface area contributed by atoms with Crippen LogP contribution in [0.5, 0.6) is 0 Å². The lowest BCUT2D eigenvalue weighted by atomic mass is 10.2. The molecule has 1 fully saturated rings. The van der Waals surface area contributed by atoms with E-state index in [0.717, 1.165) is 19.6 Å². The van der Waals surface area contributed by atoms with Crippen LogP contribution in [0.15, 0.2) is 0 Å². The van der Waals surface area contributed by atoms with Gasteiger partial charge in [0.2, 0.25) is 0 Å². The van der Waals surface area contributed by atoms with E-state index in [9.17, 15) is 4.79 Å². The van der Waals surface area contributed by atoms with Gasteiger partial charge in [0.25, 0.3) is 0 Å². The Hall–Kier alpha value is -0.610. The van der Waals surface area contributed by atoms with Gasteiger partial charge in [-0.3, -0.25) is 4.79 Å². The quantitative estimate of drug-likeness (QED) is 0.690. The first-order chi connectivity index (χ1) is 8.22. The fourth-order valence-electron chi connectivity index (χ4n) is 2.31. The monoisotopic (exact) mass is 242 g/mol. The molecule has 0 radical (unpaired) electrons. The maximum absolute atomic E-state index is 10.5. The number of carboxylic acids is 1. The Balaban J connectivity index is 2.17. The van der Waals surface area contributed by atoms with Crippen LogP contribution in [0.2, 0.25) is 0 Å². The molecule has 0 aromatic rings. The Morgan fingerprint density at radius 3 is 2.29 bits per heavy atom. The Labute approximate surface area is 105 Å². The third kappa shape index (κ3) is 6.64.